The Morgan fingerprint density at radius 1 is 1.24 bits per heavy atom. The normalized spacial score (nSPS) is 30.2. The number of nitrogens with one attached hydrogen (secondary N) is 2. The van der Waals surface area contributed by atoms with Crippen LogP contribution in [-0.2, 0) is 4.79 Å². The van der Waals surface area contributed by atoms with Crippen LogP contribution in [0.2, 0.25) is 0 Å². The van der Waals surface area contributed by atoms with Crippen LogP contribution >= 0.6 is 12.4 Å². The highest BCUT2D eigenvalue weighted by Crippen LogP contribution is 2.40. The van der Waals surface area contributed by atoms with Gasteiger partial charge in [0.1, 0.15) is 5.75 Å². The number of carbonyl (C=O) groups excluding carboxylic acids is 2. The molecule has 0 saturated heterocycles. The number of rotatable bonds is 2. The summed E-state index contributed by atoms with van der Waals surface area (Å²) in [5.74, 6) is 1.28. The van der Waals surface area contributed by atoms with Crippen molar-refractivity contribution in [3.63, 3.8) is 0 Å². The van der Waals surface area contributed by atoms with Crippen molar-refractivity contribution in [1.29, 1.82) is 0 Å². The lowest BCUT2D eigenvalue weighted by Gasteiger charge is -2.45. The van der Waals surface area contributed by atoms with Crippen molar-refractivity contribution in [3.05, 3.63) is 23.8 Å². The van der Waals surface area contributed by atoms with Crippen LogP contribution in [0.15, 0.2) is 18.2 Å². The molecule has 2 amide bonds. The second kappa shape index (κ2) is 7.22. The first-order valence-corrected chi connectivity index (χ1v) is 8.73. The molecule has 0 radical (unpaired) electrons. The summed E-state index contributed by atoms with van der Waals surface area (Å²) < 4.78 is 5.34. The van der Waals surface area contributed by atoms with Crippen molar-refractivity contribution in [1.82, 2.24) is 5.32 Å². The van der Waals surface area contributed by atoms with E-state index in [2.05, 4.69) is 10.6 Å². The predicted octanol–water partition coefficient (Wildman–Crippen LogP) is 2.08. The first-order chi connectivity index (χ1) is 11.6. The first kappa shape index (κ1) is 18.0. The minimum atomic E-state index is -0.198. The Morgan fingerprint density at radius 2 is 1.96 bits per heavy atom. The number of carbonyl (C=O) groups is 2. The number of amides is 2. The molecule has 2 fully saturated rings. The largest absolute Gasteiger partial charge is 0.482 e. The molecule has 2 aliphatic carbocycles. The molecule has 1 heterocycles. The number of halogens is 1. The topological polar surface area (TPSA) is 93.5 Å². The molecule has 4 N–H and O–H groups in total. The van der Waals surface area contributed by atoms with Crippen LogP contribution in [0.4, 0.5) is 5.69 Å². The van der Waals surface area contributed by atoms with E-state index in [1.807, 2.05) is 0 Å². The van der Waals surface area contributed by atoms with Gasteiger partial charge in [-0.15, -0.1) is 12.4 Å². The lowest BCUT2D eigenvalue weighted by Crippen LogP contribution is -2.53. The Labute approximate surface area is 153 Å². The fourth-order valence-corrected chi connectivity index (χ4v) is 4.48. The predicted molar refractivity (Wildman–Crippen MR) is 97.1 cm³/mol. The van der Waals surface area contributed by atoms with Crippen LogP contribution < -0.4 is 21.1 Å². The van der Waals surface area contributed by atoms with Gasteiger partial charge in [0.05, 0.1) is 5.69 Å². The summed E-state index contributed by atoms with van der Waals surface area (Å²) in [4.78, 5) is 24.1. The lowest BCUT2D eigenvalue weighted by atomic mass is 9.67. The number of fused-ring (bicyclic) bond motifs is 3. The van der Waals surface area contributed by atoms with Gasteiger partial charge in [0.25, 0.3) is 11.8 Å². The van der Waals surface area contributed by atoms with Gasteiger partial charge in [0, 0.05) is 17.6 Å². The van der Waals surface area contributed by atoms with E-state index in [-0.39, 0.29) is 42.9 Å². The maximum atomic E-state index is 12.7. The summed E-state index contributed by atoms with van der Waals surface area (Å²) in [5.41, 5.74) is 7.26. The van der Waals surface area contributed by atoms with Crippen molar-refractivity contribution >= 4 is 29.9 Å². The van der Waals surface area contributed by atoms with Crippen molar-refractivity contribution < 1.29 is 14.3 Å². The number of benzene rings is 1. The summed E-state index contributed by atoms with van der Waals surface area (Å²) in [6.45, 7) is 0.0181. The zero-order valence-corrected chi connectivity index (χ0v) is 14.8. The van der Waals surface area contributed by atoms with E-state index in [9.17, 15) is 9.59 Å². The maximum absolute atomic E-state index is 12.7. The molecule has 6 nitrogen and oxygen atoms in total. The fraction of sp³-hybridized carbons (Fsp3) is 0.556. The Morgan fingerprint density at radius 3 is 2.68 bits per heavy atom. The van der Waals surface area contributed by atoms with Gasteiger partial charge >= 0.3 is 0 Å². The minimum Gasteiger partial charge on any atom is -0.482 e. The van der Waals surface area contributed by atoms with E-state index in [0.717, 1.165) is 25.7 Å². The Bertz CT molecular complexity index is 668. The Kier molecular flexibility index (Phi) is 5.20. The van der Waals surface area contributed by atoms with Crippen LogP contribution in [0.25, 0.3) is 0 Å². The lowest BCUT2D eigenvalue weighted by molar-refractivity contribution is -0.118. The van der Waals surface area contributed by atoms with Crippen molar-refractivity contribution in [2.75, 3.05) is 11.9 Å². The minimum absolute atomic E-state index is 0. The molecule has 2 bridgehead atoms. The Balaban J connectivity index is 0.00000182. The summed E-state index contributed by atoms with van der Waals surface area (Å²) >= 11 is 0. The van der Waals surface area contributed by atoms with Crippen molar-refractivity contribution in [2.24, 2.45) is 17.6 Å². The number of anilines is 1. The summed E-state index contributed by atoms with van der Waals surface area (Å²) in [6, 6.07) is 5.65. The standard InChI is InChI=1S/C18H23N3O3.ClH/c19-13-6-10-2-1-3-11(7-13)17(10)21-18(23)12-4-5-15-14(8-12)20-16(22)9-24-15;/h4-5,8,10-11,13,17H,1-3,6-7,9,19H2,(H,20,22)(H,21,23);1H. The van der Waals surface area contributed by atoms with E-state index in [0.29, 0.717) is 28.8 Å². The van der Waals surface area contributed by atoms with Gasteiger partial charge in [-0.1, -0.05) is 6.42 Å². The third-order valence-corrected chi connectivity index (χ3v) is 5.55. The van der Waals surface area contributed by atoms with Gasteiger partial charge in [-0.3, -0.25) is 9.59 Å². The molecule has 2 saturated carbocycles. The van der Waals surface area contributed by atoms with Crippen LogP contribution in [0.3, 0.4) is 0 Å². The Hall–Kier alpha value is -1.79. The van der Waals surface area contributed by atoms with E-state index in [1.165, 1.54) is 6.42 Å². The highest BCUT2D eigenvalue weighted by Gasteiger charge is 2.40. The molecular weight excluding hydrogens is 342 g/mol. The quantitative estimate of drug-likeness (QED) is 0.748. The molecule has 2 atom stereocenters. The molecule has 136 valence electrons. The molecule has 25 heavy (non-hydrogen) atoms. The summed E-state index contributed by atoms with van der Waals surface area (Å²) in [7, 11) is 0. The molecule has 4 rings (SSSR count). The molecule has 3 aliphatic rings. The molecule has 2 unspecified atom stereocenters. The molecule has 1 aromatic rings. The highest BCUT2D eigenvalue weighted by molar-refractivity contribution is 6.00. The number of hydrogen-bond donors (Lipinski definition) is 3. The van der Waals surface area contributed by atoms with Crippen LogP contribution in [0.1, 0.15) is 42.5 Å². The zero-order chi connectivity index (χ0) is 16.7. The molecule has 0 aromatic heterocycles. The van der Waals surface area contributed by atoms with Gasteiger partial charge in [-0.05, 0) is 55.7 Å². The molecule has 1 aliphatic heterocycles. The smallest absolute Gasteiger partial charge is 0.262 e. The van der Waals surface area contributed by atoms with Crippen molar-refractivity contribution in [3.8, 4) is 5.75 Å². The second-order valence-corrected chi connectivity index (χ2v) is 7.23. The zero-order valence-electron chi connectivity index (χ0n) is 14.0. The average molecular weight is 366 g/mol. The number of ether oxygens (including phenoxy) is 1. The highest BCUT2D eigenvalue weighted by atomic mass is 35.5. The van der Waals surface area contributed by atoms with Gasteiger partial charge in [0.15, 0.2) is 6.61 Å². The SMILES string of the molecule is Cl.NC1CC2CCCC(C1)C2NC(=O)c1ccc2c(c1)NC(=O)CO2. The number of nitrogens with two attached hydrogens (primary N) is 1. The van der Waals surface area contributed by atoms with E-state index < -0.39 is 0 Å². The van der Waals surface area contributed by atoms with Gasteiger partial charge in [0.2, 0.25) is 0 Å². The molecule has 1 aromatic carbocycles. The van der Waals surface area contributed by atoms with Crippen LogP contribution in [0.5, 0.6) is 5.75 Å². The van der Waals surface area contributed by atoms with Gasteiger partial charge in [-0.25, -0.2) is 0 Å². The van der Waals surface area contributed by atoms with E-state index in [4.69, 9.17) is 10.5 Å². The van der Waals surface area contributed by atoms with Gasteiger partial charge < -0.3 is 21.1 Å². The third-order valence-electron chi connectivity index (χ3n) is 5.55. The second-order valence-electron chi connectivity index (χ2n) is 7.23. The van der Waals surface area contributed by atoms with E-state index >= 15 is 0 Å². The van der Waals surface area contributed by atoms with Crippen LogP contribution in [0, 0.1) is 11.8 Å². The van der Waals surface area contributed by atoms with E-state index in [1.54, 1.807) is 18.2 Å². The number of hydrogen-bond acceptors (Lipinski definition) is 4. The molecule has 0 spiro atoms. The van der Waals surface area contributed by atoms with Crippen molar-refractivity contribution in [2.45, 2.75) is 44.2 Å². The molecule has 7 heteroatoms. The third kappa shape index (κ3) is 3.60. The summed E-state index contributed by atoms with van der Waals surface area (Å²) in [6.07, 6.45) is 5.51. The monoisotopic (exact) mass is 365 g/mol. The summed E-state index contributed by atoms with van der Waals surface area (Å²) in [5, 5.41) is 5.97. The maximum Gasteiger partial charge on any atom is 0.262 e. The first-order valence-electron chi connectivity index (χ1n) is 8.73. The van der Waals surface area contributed by atoms with Gasteiger partial charge in [-0.2, -0.15) is 0 Å². The van der Waals surface area contributed by atoms with Crippen LogP contribution in [-0.4, -0.2) is 30.5 Å². The fourth-order valence-electron chi connectivity index (χ4n) is 4.48. The average Bonchev–Trinajstić information content (AvgIpc) is 2.55. The molecular formula is C18H24ClN3O3.